The van der Waals surface area contributed by atoms with Crippen LogP contribution in [0.15, 0.2) is 47.1 Å². The van der Waals surface area contributed by atoms with Crippen LogP contribution in [0.5, 0.6) is 0 Å². The van der Waals surface area contributed by atoms with Gasteiger partial charge in [-0.25, -0.2) is 0 Å². The van der Waals surface area contributed by atoms with Crippen molar-refractivity contribution in [3.63, 3.8) is 0 Å². The molecule has 0 atom stereocenters. The largest absolute Gasteiger partial charge is 0.0882 e. The average Bonchev–Trinajstić information content (AvgIpc) is 2.65. The molecule has 83 valence electrons. The van der Waals surface area contributed by atoms with E-state index in [9.17, 15) is 0 Å². The molecule has 2 aliphatic carbocycles. The molecule has 0 heterocycles. The fourth-order valence-electron chi connectivity index (χ4n) is 2.42. The van der Waals surface area contributed by atoms with Crippen LogP contribution < -0.4 is 0 Å². The van der Waals surface area contributed by atoms with E-state index < -0.39 is 0 Å². The smallest absolute Gasteiger partial charge is 0 e. The maximum atomic E-state index is 2.46. The summed E-state index contributed by atoms with van der Waals surface area (Å²) in [6, 6.07) is 0. The molecule has 0 aromatic rings. The van der Waals surface area contributed by atoms with Gasteiger partial charge in [0.05, 0.1) is 0 Å². The van der Waals surface area contributed by atoms with Crippen LogP contribution in [0.25, 0.3) is 0 Å². The average molecular weight is 315 g/mol. The Bertz CT molecular complexity index is 342. The van der Waals surface area contributed by atoms with Crippen LogP contribution in [0.2, 0.25) is 0 Å². The summed E-state index contributed by atoms with van der Waals surface area (Å²) in [6.07, 6.45) is 19.0. The molecule has 0 saturated heterocycles. The summed E-state index contributed by atoms with van der Waals surface area (Å²) < 4.78 is 0. The van der Waals surface area contributed by atoms with Crippen molar-refractivity contribution in [2.45, 2.75) is 45.4 Å². The van der Waals surface area contributed by atoms with Crippen molar-refractivity contribution >= 4 is 25.8 Å². The summed E-state index contributed by atoms with van der Waals surface area (Å²) >= 11 is 0. The van der Waals surface area contributed by atoms with Gasteiger partial charge in [-0.15, -0.1) is 0 Å². The van der Waals surface area contributed by atoms with Crippen molar-refractivity contribution in [1.29, 1.82) is 0 Å². The van der Waals surface area contributed by atoms with E-state index in [1.54, 1.807) is 16.7 Å². The molecule has 2 aliphatic rings. The zero-order valence-electron chi connectivity index (χ0n) is 10.2. The molecular formula is C15H20In. The quantitative estimate of drug-likeness (QED) is 0.666. The van der Waals surface area contributed by atoms with Crippen molar-refractivity contribution in [3.8, 4) is 0 Å². The van der Waals surface area contributed by atoms with Gasteiger partial charge >= 0.3 is 0 Å². The van der Waals surface area contributed by atoms with Gasteiger partial charge in [0.15, 0.2) is 0 Å². The third kappa shape index (κ3) is 3.41. The van der Waals surface area contributed by atoms with Gasteiger partial charge in [-0.1, -0.05) is 37.3 Å². The molecule has 3 radical (unpaired) electrons. The van der Waals surface area contributed by atoms with Crippen LogP contribution in [0.3, 0.4) is 0 Å². The van der Waals surface area contributed by atoms with Gasteiger partial charge in [-0.05, 0) is 55.2 Å². The summed E-state index contributed by atoms with van der Waals surface area (Å²) in [4.78, 5) is 0. The molecule has 0 aliphatic heterocycles. The van der Waals surface area contributed by atoms with Gasteiger partial charge in [-0.2, -0.15) is 0 Å². The van der Waals surface area contributed by atoms with E-state index in [0.29, 0.717) is 0 Å². The maximum absolute atomic E-state index is 2.46. The normalized spacial score (nSPS) is 20.2. The zero-order valence-corrected chi connectivity index (χ0v) is 13.5. The Morgan fingerprint density at radius 2 is 1.88 bits per heavy atom. The summed E-state index contributed by atoms with van der Waals surface area (Å²) in [5.74, 6) is 0. The molecule has 0 amide bonds. The number of rotatable bonds is 2. The van der Waals surface area contributed by atoms with Gasteiger partial charge in [0.1, 0.15) is 0 Å². The maximum Gasteiger partial charge on any atom is 0 e. The molecule has 0 aromatic carbocycles. The fourth-order valence-corrected chi connectivity index (χ4v) is 2.42. The van der Waals surface area contributed by atoms with Gasteiger partial charge in [0.25, 0.3) is 0 Å². The van der Waals surface area contributed by atoms with E-state index in [0.717, 1.165) is 0 Å². The molecule has 0 aromatic heterocycles. The molecule has 16 heavy (non-hydrogen) atoms. The molecule has 0 unspecified atom stereocenters. The van der Waals surface area contributed by atoms with Crippen LogP contribution in [0.4, 0.5) is 0 Å². The van der Waals surface area contributed by atoms with Crippen molar-refractivity contribution in [1.82, 2.24) is 0 Å². The predicted octanol–water partition coefficient (Wildman–Crippen LogP) is 4.33. The first-order chi connectivity index (χ1) is 7.42. The molecule has 0 saturated carbocycles. The molecule has 1 heteroatoms. The molecular weight excluding hydrogens is 295 g/mol. The Hall–Kier alpha value is -0.170. The molecule has 0 nitrogen and oxygen atoms in total. The first-order valence-corrected chi connectivity index (χ1v) is 6.14. The second kappa shape index (κ2) is 7.21. The van der Waals surface area contributed by atoms with Crippen LogP contribution >= 0.6 is 0 Å². The van der Waals surface area contributed by atoms with E-state index in [1.165, 1.54) is 38.5 Å². The van der Waals surface area contributed by atoms with Crippen LogP contribution in [0.1, 0.15) is 45.4 Å². The van der Waals surface area contributed by atoms with Crippen LogP contribution in [0, 0.1) is 0 Å². The topological polar surface area (TPSA) is 0 Å². The predicted molar refractivity (Wildman–Crippen MR) is 72.5 cm³/mol. The van der Waals surface area contributed by atoms with Crippen molar-refractivity contribution < 1.29 is 0 Å². The Kier molecular flexibility index (Phi) is 6.26. The number of hydrogen-bond acceptors (Lipinski definition) is 0. The van der Waals surface area contributed by atoms with E-state index in [2.05, 4.69) is 37.3 Å². The SMILES string of the molecule is CCC1=C(C2=CCCC=CCC2)CC=C1.[In]. The Morgan fingerprint density at radius 1 is 1.06 bits per heavy atom. The Labute approximate surface area is 118 Å². The molecule has 0 N–H and O–H groups in total. The Balaban J connectivity index is 0.00000128. The monoisotopic (exact) mass is 315 g/mol. The summed E-state index contributed by atoms with van der Waals surface area (Å²) in [6.45, 7) is 2.26. The van der Waals surface area contributed by atoms with E-state index in [1.807, 2.05) is 0 Å². The van der Waals surface area contributed by atoms with E-state index in [-0.39, 0.29) is 25.8 Å². The zero-order chi connectivity index (χ0) is 10.5. The first kappa shape index (κ1) is 13.9. The minimum Gasteiger partial charge on any atom is -0.0882 e. The standard InChI is InChI=1S/C15H20.In/c1-2-13-11-8-12-15(13)14-9-6-4-3-5-7-10-14;/h3-4,8,10-11H,2,5-7,9,12H2,1H3;. The van der Waals surface area contributed by atoms with Gasteiger partial charge in [0, 0.05) is 25.8 Å². The van der Waals surface area contributed by atoms with E-state index >= 15 is 0 Å². The van der Waals surface area contributed by atoms with Gasteiger partial charge in [0.2, 0.25) is 0 Å². The number of hydrogen-bond donors (Lipinski definition) is 0. The summed E-state index contributed by atoms with van der Waals surface area (Å²) in [5, 5.41) is 0. The Morgan fingerprint density at radius 3 is 2.69 bits per heavy atom. The molecule has 0 spiro atoms. The third-order valence-corrected chi connectivity index (χ3v) is 3.27. The van der Waals surface area contributed by atoms with Crippen molar-refractivity contribution in [2.24, 2.45) is 0 Å². The summed E-state index contributed by atoms with van der Waals surface area (Å²) in [5.41, 5.74) is 4.79. The van der Waals surface area contributed by atoms with Gasteiger partial charge < -0.3 is 0 Å². The first-order valence-electron chi connectivity index (χ1n) is 6.14. The summed E-state index contributed by atoms with van der Waals surface area (Å²) in [7, 11) is 0. The second-order valence-electron chi connectivity index (χ2n) is 4.28. The van der Waals surface area contributed by atoms with Gasteiger partial charge in [-0.3, -0.25) is 0 Å². The molecule has 0 bridgehead atoms. The van der Waals surface area contributed by atoms with Crippen molar-refractivity contribution in [3.05, 3.63) is 47.1 Å². The van der Waals surface area contributed by atoms with Crippen LogP contribution in [-0.2, 0) is 0 Å². The minimum atomic E-state index is 0. The van der Waals surface area contributed by atoms with Crippen LogP contribution in [-0.4, -0.2) is 25.8 Å². The molecule has 2 rings (SSSR count). The molecule has 0 fully saturated rings. The third-order valence-electron chi connectivity index (χ3n) is 3.27. The second-order valence-corrected chi connectivity index (χ2v) is 4.28. The van der Waals surface area contributed by atoms with E-state index in [4.69, 9.17) is 0 Å². The minimum absolute atomic E-state index is 0. The number of allylic oxidation sites excluding steroid dienone is 8. The van der Waals surface area contributed by atoms with Crippen molar-refractivity contribution in [2.75, 3.05) is 0 Å². The fraction of sp³-hybridized carbons (Fsp3) is 0.467.